The van der Waals surface area contributed by atoms with Crippen LogP contribution in [0.3, 0.4) is 0 Å². The first-order chi connectivity index (χ1) is 15.3. The maximum atomic E-state index is 12.4. The fourth-order valence-corrected chi connectivity index (χ4v) is 5.41. The Hall–Kier alpha value is -2.96. The third-order valence-corrected chi connectivity index (χ3v) is 7.64. The van der Waals surface area contributed by atoms with Gasteiger partial charge in [0.25, 0.3) is 0 Å². The molecule has 0 atom stereocenters. The largest absolute Gasteiger partial charge is 0.308 e. The lowest BCUT2D eigenvalue weighted by atomic mass is 10.3. The smallest absolute Gasteiger partial charge is 0.236 e. The van der Waals surface area contributed by atoms with E-state index in [0.717, 1.165) is 16.5 Å². The van der Waals surface area contributed by atoms with Crippen LogP contribution in [0.15, 0.2) is 59.8 Å². The van der Waals surface area contributed by atoms with Crippen molar-refractivity contribution in [2.45, 2.75) is 11.7 Å². The van der Waals surface area contributed by atoms with Crippen molar-refractivity contribution in [1.29, 1.82) is 0 Å². The predicted molar refractivity (Wildman–Crippen MR) is 127 cm³/mol. The van der Waals surface area contributed by atoms with Crippen LogP contribution in [0.1, 0.15) is 5.82 Å². The molecule has 2 aromatic heterocycles. The van der Waals surface area contributed by atoms with Gasteiger partial charge in [0, 0.05) is 7.05 Å². The van der Waals surface area contributed by atoms with Crippen molar-refractivity contribution in [3.05, 3.63) is 60.4 Å². The molecule has 12 heteroatoms. The monoisotopic (exact) mass is 488 g/mol. The molecule has 0 saturated carbocycles. The standard InChI is InChI=1S/C20H20N6O3S3/c1-25-17(12-26(32(2,28)29)14-8-4-3-5-9-14)23-24-20(25)30-13-18(27)22-19-21-15-10-6-7-11-16(15)31-19/h3-11H,12-13H2,1-2H3,(H,21,22,27). The minimum atomic E-state index is -3.52. The Morgan fingerprint density at radius 2 is 1.84 bits per heavy atom. The van der Waals surface area contributed by atoms with Gasteiger partial charge < -0.3 is 9.88 Å². The lowest BCUT2D eigenvalue weighted by Crippen LogP contribution is -2.30. The summed E-state index contributed by atoms with van der Waals surface area (Å²) >= 11 is 2.63. The number of carbonyl (C=O) groups is 1. The molecular weight excluding hydrogens is 468 g/mol. The predicted octanol–water partition coefficient (Wildman–Crippen LogP) is 3.12. The van der Waals surface area contributed by atoms with Crippen molar-refractivity contribution in [3.63, 3.8) is 0 Å². The summed E-state index contributed by atoms with van der Waals surface area (Å²) in [5.41, 5.74) is 1.38. The van der Waals surface area contributed by atoms with E-state index in [4.69, 9.17) is 0 Å². The molecule has 2 aromatic carbocycles. The molecule has 32 heavy (non-hydrogen) atoms. The number of sulfonamides is 1. The number of thioether (sulfide) groups is 1. The number of rotatable bonds is 8. The molecule has 166 valence electrons. The number of nitrogens with one attached hydrogen (secondary N) is 1. The first-order valence-corrected chi connectivity index (χ1v) is 13.2. The molecule has 1 N–H and O–H groups in total. The van der Waals surface area contributed by atoms with E-state index in [1.54, 1.807) is 35.9 Å². The van der Waals surface area contributed by atoms with Crippen LogP contribution in [0.25, 0.3) is 10.2 Å². The van der Waals surface area contributed by atoms with Gasteiger partial charge in [-0.1, -0.05) is 53.4 Å². The van der Waals surface area contributed by atoms with Gasteiger partial charge in [0.2, 0.25) is 15.9 Å². The molecule has 0 aliphatic heterocycles. The zero-order valence-corrected chi connectivity index (χ0v) is 19.7. The van der Waals surface area contributed by atoms with Crippen molar-refractivity contribution < 1.29 is 13.2 Å². The lowest BCUT2D eigenvalue weighted by Gasteiger charge is -2.21. The van der Waals surface area contributed by atoms with Gasteiger partial charge in [0.1, 0.15) is 0 Å². The number of anilines is 2. The van der Waals surface area contributed by atoms with Crippen molar-refractivity contribution in [1.82, 2.24) is 19.7 Å². The summed E-state index contributed by atoms with van der Waals surface area (Å²) in [6.07, 6.45) is 1.15. The fourth-order valence-electron chi connectivity index (χ4n) is 2.94. The van der Waals surface area contributed by atoms with E-state index < -0.39 is 10.0 Å². The van der Waals surface area contributed by atoms with Gasteiger partial charge in [-0.25, -0.2) is 13.4 Å². The highest BCUT2D eigenvalue weighted by Crippen LogP contribution is 2.26. The van der Waals surface area contributed by atoms with E-state index >= 15 is 0 Å². The van der Waals surface area contributed by atoms with Crippen molar-refractivity contribution in [2.75, 3.05) is 21.6 Å². The van der Waals surface area contributed by atoms with E-state index in [0.29, 0.717) is 21.8 Å². The summed E-state index contributed by atoms with van der Waals surface area (Å²) in [6, 6.07) is 16.5. The van der Waals surface area contributed by atoms with Crippen LogP contribution in [0.5, 0.6) is 0 Å². The molecular formula is C20H20N6O3S3. The minimum absolute atomic E-state index is 0.0325. The molecule has 0 fully saturated rings. The van der Waals surface area contributed by atoms with Crippen LogP contribution in [0, 0.1) is 0 Å². The zero-order valence-electron chi connectivity index (χ0n) is 17.3. The average Bonchev–Trinajstić information content (AvgIpc) is 3.32. The molecule has 0 saturated heterocycles. The maximum absolute atomic E-state index is 12.4. The minimum Gasteiger partial charge on any atom is -0.308 e. The summed E-state index contributed by atoms with van der Waals surface area (Å²) in [5, 5.41) is 12.1. The molecule has 0 spiro atoms. The summed E-state index contributed by atoms with van der Waals surface area (Å²) < 4.78 is 28.6. The number of hydrogen-bond acceptors (Lipinski definition) is 8. The van der Waals surface area contributed by atoms with Gasteiger partial charge in [-0.15, -0.1) is 10.2 Å². The van der Waals surface area contributed by atoms with Crippen molar-refractivity contribution >= 4 is 60.1 Å². The molecule has 0 aliphatic rings. The number of thiazole rings is 1. The Balaban J connectivity index is 1.41. The third-order valence-electron chi connectivity index (χ3n) is 4.53. The summed E-state index contributed by atoms with van der Waals surface area (Å²) in [5.74, 6) is 0.380. The summed E-state index contributed by atoms with van der Waals surface area (Å²) in [4.78, 5) is 16.8. The fraction of sp³-hybridized carbons (Fsp3) is 0.200. The third kappa shape index (κ3) is 5.09. The van der Waals surface area contributed by atoms with Crippen LogP contribution in [0.2, 0.25) is 0 Å². The zero-order chi connectivity index (χ0) is 22.7. The normalized spacial score (nSPS) is 11.6. The van der Waals surface area contributed by atoms with Gasteiger partial charge in [-0.2, -0.15) is 0 Å². The van der Waals surface area contributed by atoms with Crippen molar-refractivity contribution in [2.24, 2.45) is 7.05 Å². The Bertz CT molecular complexity index is 1320. The van der Waals surface area contributed by atoms with E-state index in [2.05, 4.69) is 20.5 Å². The topological polar surface area (TPSA) is 110 Å². The molecule has 0 radical (unpaired) electrons. The quantitative estimate of drug-likeness (QED) is 0.380. The Labute approximate surface area is 193 Å². The van der Waals surface area contributed by atoms with Crippen molar-refractivity contribution in [3.8, 4) is 0 Å². The number of fused-ring (bicyclic) bond motifs is 1. The Morgan fingerprint density at radius 3 is 2.56 bits per heavy atom. The van der Waals surface area contributed by atoms with E-state index in [-0.39, 0.29) is 18.2 Å². The van der Waals surface area contributed by atoms with Gasteiger partial charge in [-0.3, -0.25) is 9.10 Å². The number of carbonyl (C=O) groups excluding carboxylic acids is 1. The lowest BCUT2D eigenvalue weighted by molar-refractivity contribution is -0.113. The highest BCUT2D eigenvalue weighted by atomic mass is 32.2. The molecule has 1 amide bonds. The van der Waals surface area contributed by atoms with E-state index in [1.165, 1.54) is 27.4 Å². The first kappa shape index (κ1) is 22.2. The SMILES string of the molecule is Cn1c(CN(c2ccccc2)S(C)(=O)=O)nnc1SCC(=O)Nc1nc2ccccc2s1. The van der Waals surface area contributed by atoms with E-state index in [9.17, 15) is 13.2 Å². The number of hydrogen-bond donors (Lipinski definition) is 1. The second-order valence-corrected chi connectivity index (χ2v) is 10.8. The van der Waals surface area contributed by atoms with Gasteiger partial charge in [-0.05, 0) is 24.3 Å². The molecule has 0 unspecified atom stereocenters. The number of amides is 1. The highest BCUT2D eigenvalue weighted by Gasteiger charge is 2.21. The van der Waals surface area contributed by atoms with Gasteiger partial charge in [0.15, 0.2) is 16.1 Å². The highest BCUT2D eigenvalue weighted by molar-refractivity contribution is 7.99. The van der Waals surface area contributed by atoms with E-state index in [1.807, 2.05) is 30.3 Å². The molecule has 2 heterocycles. The maximum Gasteiger partial charge on any atom is 0.236 e. The molecule has 4 aromatic rings. The molecule has 0 bridgehead atoms. The van der Waals surface area contributed by atoms with Crippen LogP contribution in [-0.2, 0) is 28.4 Å². The van der Waals surface area contributed by atoms with Crippen LogP contribution in [0.4, 0.5) is 10.8 Å². The molecule has 4 rings (SSSR count). The number of benzene rings is 2. The summed E-state index contributed by atoms with van der Waals surface area (Å²) in [7, 11) is -1.78. The Kier molecular flexibility index (Phi) is 6.44. The van der Waals surface area contributed by atoms with Gasteiger partial charge >= 0.3 is 0 Å². The first-order valence-electron chi connectivity index (χ1n) is 9.50. The van der Waals surface area contributed by atoms with Crippen LogP contribution in [-0.4, -0.2) is 46.1 Å². The molecule has 0 aliphatic carbocycles. The molecule has 9 nitrogen and oxygen atoms in total. The second kappa shape index (κ2) is 9.27. The number of aromatic nitrogens is 4. The number of para-hydroxylation sites is 2. The number of nitrogens with zero attached hydrogens (tertiary/aromatic N) is 5. The van der Waals surface area contributed by atoms with Gasteiger partial charge in [0.05, 0.1) is 34.5 Å². The van der Waals surface area contributed by atoms with Crippen LogP contribution >= 0.6 is 23.1 Å². The van der Waals surface area contributed by atoms with Crippen LogP contribution < -0.4 is 9.62 Å². The second-order valence-electron chi connectivity index (χ2n) is 6.89. The summed E-state index contributed by atoms with van der Waals surface area (Å²) in [6.45, 7) is 0.0325. The average molecular weight is 489 g/mol. The Morgan fingerprint density at radius 1 is 1.12 bits per heavy atom.